The summed E-state index contributed by atoms with van der Waals surface area (Å²) >= 11 is 0. The molecule has 1 aromatic heterocycles. The molecule has 3 nitrogen and oxygen atoms in total. The molecule has 16 heavy (non-hydrogen) atoms. The van der Waals surface area contributed by atoms with E-state index in [0.717, 1.165) is 6.54 Å². The second-order valence-corrected chi connectivity index (χ2v) is 4.87. The summed E-state index contributed by atoms with van der Waals surface area (Å²) in [6.07, 6.45) is 4.96. The first kappa shape index (κ1) is 11.6. The summed E-state index contributed by atoms with van der Waals surface area (Å²) in [6.45, 7) is 6.71. The zero-order chi connectivity index (χ0) is 11.5. The van der Waals surface area contributed by atoms with E-state index < -0.39 is 0 Å². The molecule has 1 N–H and O–H groups in total. The van der Waals surface area contributed by atoms with E-state index >= 15 is 0 Å². The quantitative estimate of drug-likeness (QED) is 0.847. The maximum Gasteiger partial charge on any atom is 0.0702 e. The monoisotopic (exact) mass is 221 g/mol. The standard InChI is InChI=1S/C13H23N3/c1-4-6-12-10(2)16(3)15-13(12)11-7-5-8-14-9-11/h11,14H,4-9H2,1-3H3. The van der Waals surface area contributed by atoms with E-state index in [4.69, 9.17) is 5.10 Å². The van der Waals surface area contributed by atoms with Gasteiger partial charge in [-0.3, -0.25) is 4.68 Å². The van der Waals surface area contributed by atoms with Crippen LogP contribution in [0.2, 0.25) is 0 Å². The van der Waals surface area contributed by atoms with Crippen molar-refractivity contribution in [1.82, 2.24) is 15.1 Å². The van der Waals surface area contributed by atoms with Crippen molar-refractivity contribution in [1.29, 1.82) is 0 Å². The molecular formula is C13H23N3. The van der Waals surface area contributed by atoms with Crippen LogP contribution in [0.5, 0.6) is 0 Å². The van der Waals surface area contributed by atoms with E-state index in [2.05, 4.69) is 30.9 Å². The van der Waals surface area contributed by atoms with E-state index in [1.54, 1.807) is 0 Å². The van der Waals surface area contributed by atoms with E-state index in [9.17, 15) is 0 Å². The largest absolute Gasteiger partial charge is 0.316 e. The predicted molar refractivity (Wildman–Crippen MR) is 66.8 cm³/mol. The summed E-state index contributed by atoms with van der Waals surface area (Å²) < 4.78 is 2.05. The van der Waals surface area contributed by atoms with Crippen LogP contribution in [0.4, 0.5) is 0 Å². The average Bonchev–Trinajstić information content (AvgIpc) is 2.59. The number of nitrogens with one attached hydrogen (secondary N) is 1. The van der Waals surface area contributed by atoms with Crippen LogP contribution in [0.1, 0.15) is 49.1 Å². The Bertz CT molecular complexity index is 348. The molecular weight excluding hydrogens is 198 g/mol. The molecule has 0 amide bonds. The second-order valence-electron chi connectivity index (χ2n) is 4.87. The molecule has 0 aliphatic carbocycles. The lowest BCUT2D eigenvalue weighted by molar-refractivity contribution is 0.449. The fraction of sp³-hybridized carbons (Fsp3) is 0.769. The van der Waals surface area contributed by atoms with Gasteiger partial charge in [-0.05, 0) is 38.3 Å². The van der Waals surface area contributed by atoms with Gasteiger partial charge in [0.2, 0.25) is 0 Å². The van der Waals surface area contributed by atoms with Gasteiger partial charge in [-0.1, -0.05) is 13.3 Å². The molecule has 0 spiro atoms. The Kier molecular flexibility index (Phi) is 3.64. The Labute approximate surface area is 98.2 Å². The van der Waals surface area contributed by atoms with Crippen molar-refractivity contribution in [3.63, 3.8) is 0 Å². The molecule has 2 heterocycles. The van der Waals surface area contributed by atoms with Gasteiger partial charge in [0.1, 0.15) is 0 Å². The van der Waals surface area contributed by atoms with Gasteiger partial charge in [-0.15, -0.1) is 0 Å². The van der Waals surface area contributed by atoms with Crippen molar-refractivity contribution in [2.75, 3.05) is 13.1 Å². The number of rotatable bonds is 3. The van der Waals surface area contributed by atoms with Crippen LogP contribution in [0, 0.1) is 6.92 Å². The van der Waals surface area contributed by atoms with Crippen molar-refractivity contribution in [3.05, 3.63) is 17.0 Å². The minimum absolute atomic E-state index is 0.634. The number of hydrogen-bond donors (Lipinski definition) is 1. The molecule has 1 aromatic rings. The first-order chi connectivity index (χ1) is 7.74. The summed E-state index contributed by atoms with van der Waals surface area (Å²) in [5, 5.41) is 8.21. The lowest BCUT2D eigenvalue weighted by atomic mass is 9.91. The van der Waals surface area contributed by atoms with Crippen LogP contribution >= 0.6 is 0 Å². The van der Waals surface area contributed by atoms with Gasteiger partial charge in [0.05, 0.1) is 5.69 Å². The minimum Gasteiger partial charge on any atom is -0.316 e. The number of nitrogens with zero attached hydrogens (tertiary/aromatic N) is 2. The lowest BCUT2D eigenvalue weighted by Gasteiger charge is -2.22. The van der Waals surface area contributed by atoms with E-state index in [-0.39, 0.29) is 0 Å². The van der Waals surface area contributed by atoms with Gasteiger partial charge in [0, 0.05) is 25.2 Å². The third-order valence-corrected chi connectivity index (χ3v) is 3.67. The van der Waals surface area contributed by atoms with Crippen molar-refractivity contribution < 1.29 is 0 Å². The molecule has 1 unspecified atom stereocenters. The van der Waals surface area contributed by atoms with Crippen LogP contribution in [0.3, 0.4) is 0 Å². The first-order valence-electron chi connectivity index (χ1n) is 6.47. The van der Waals surface area contributed by atoms with Crippen LogP contribution in [0.15, 0.2) is 0 Å². The van der Waals surface area contributed by atoms with Gasteiger partial charge < -0.3 is 5.32 Å². The molecule has 0 radical (unpaired) electrons. The predicted octanol–water partition coefficient (Wildman–Crippen LogP) is 2.15. The summed E-state index contributed by atoms with van der Waals surface area (Å²) in [4.78, 5) is 0. The molecule has 1 atom stereocenters. The highest BCUT2D eigenvalue weighted by Crippen LogP contribution is 2.27. The maximum atomic E-state index is 4.73. The summed E-state index contributed by atoms with van der Waals surface area (Å²) in [5.41, 5.74) is 4.20. The molecule has 90 valence electrons. The van der Waals surface area contributed by atoms with Gasteiger partial charge in [0.15, 0.2) is 0 Å². The fourth-order valence-electron chi connectivity index (χ4n) is 2.65. The molecule has 1 saturated heterocycles. The highest BCUT2D eigenvalue weighted by molar-refractivity contribution is 5.29. The molecule has 0 saturated carbocycles. The summed E-state index contributed by atoms with van der Waals surface area (Å²) in [7, 11) is 2.06. The summed E-state index contributed by atoms with van der Waals surface area (Å²) in [5.74, 6) is 0.634. The first-order valence-corrected chi connectivity index (χ1v) is 6.47. The molecule has 1 fully saturated rings. The molecule has 0 bridgehead atoms. The average molecular weight is 221 g/mol. The Balaban J connectivity index is 2.27. The maximum absolute atomic E-state index is 4.73. The third-order valence-electron chi connectivity index (χ3n) is 3.67. The van der Waals surface area contributed by atoms with Crippen molar-refractivity contribution in [2.45, 2.75) is 45.4 Å². The number of hydrogen-bond acceptors (Lipinski definition) is 2. The Morgan fingerprint density at radius 3 is 2.94 bits per heavy atom. The summed E-state index contributed by atoms with van der Waals surface area (Å²) in [6, 6.07) is 0. The Morgan fingerprint density at radius 1 is 1.50 bits per heavy atom. The molecule has 3 heteroatoms. The van der Waals surface area contributed by atoms with Crippen LogP contribution in [-0.4, -0.2) is 22.9 Å². The highest BCUT2D eigenvalue weighted by atomic mass is 15.3. The van der Waals surface area contributed by atoms with Crippen molar-refractivity contribution >= 4 is 0 Å². The normalized spacial score (nSPS) is 21.3. The van der Waals surface area contributed by atoms with Gasteiger partial charge in [-0.25, -0.2) is 0 Å². The zero-order valence-corrected chi connectivity index (χ0v) is 10.7. The topological polar surface area (TPSA) is 29.9 Å². The van der Waals surface area contributed by atoms with Crippen LogP contribution in [0.25, 0.3) is 0 Å². The zero-order valence-electron chi connectivity index (χ0n) is 10.7. The number of aromatic nitrogens is 2. The van der Waals surface area contributed by atoms with Gasteiger partial charge in [-0.2, -0.15) is 5.10 Å². The SMILES string of the molecule is CCCc1c(C2CCCNC2)nn(C)c1C. The van der Waals surface area contributed by atoms with Crippen LogP contribution in [-0.2, 0) is 13.5 Å². The van der Waals surface area contributed by atoms with E-state index in [1.165, 1.54) is 49.2 Å². The highest BCUT2D eigenvalue weighted by Gasteiger charge is 2.22. The van der Waals surface area contributed by atoms with E-state index in [1.807, 2.05) is 0 Å². The Hall–Kier alpha value is -0.830. The number of aryl methyl sites for hydroxylation is 1. The van der Waals surface area contributed by atoms with Gasteiger partial charge in [0.25, 0.3) is 0 Å². The smallest absolute Gasteiger partial charge is 0.0702 e. The Morgan fingerprint density at radius 2 is 2.31 bits per heavy atom. The molecule has 2 rings (SSSR count). The third kappa shape index (κ3) is 2.14. The van der Waals surface area contributed by atoms with Crippen molar-refractivity contribution in [3.8, 4) is 0 Å². The fourth-order valence-corrected chi connectivity index (χ4v) is 2.65. The second kappa shape index (κ2) is 5.00. The van der Waals surface area contributed by atoms with E-state index in [0.29, 0.717) is 5.92 Å². The number of piperidine rings is 1. The van der Waals surface area contributed by atoms with Crippen molar-refractivity contribution in [2.24, 2.45) is 7.05 Å². The lowest BCUT2D eigenvalue weighted by Crippen LogP contribution is -2.29. The molecule has 1 aliphatic rings. The van der Waals surface area contributed by atoms with Crippen LogP contribution < -0.4 is 5.32 Å². The van der Waals surface area contributed by atoms with Gasteiger partial charge >= 0.3 is 0 Å². The molecule has 0 aromatic carbocycles. The molecule has 1 aliphatic heterocycles. The minimum atomic E-state index is 0.634.